The maximum absolute atomic E-state index is 12.7. The highest BCUT2D eigenvalue weighted by Crippen LogP contribution is 2.13. The number of hydrogen-bond acceptors (Lipinski definition) is 6. The van der Waals surface area contributed by atoms with Crippen molar-refractivity contribution in [2.24, 2.45) is 0 Å². The number of carbonyl (C=O) groups is 3. The minimum atomic E-state index is -0.790. The summed E-state index contributed by atoms with van der Waals surface area (Å²) in [6.45, 7) is 6.38. The normalized spacial score (nSPS) is 13.0. The van der Waals surface area contributed by atoms with Crippen molar-refractivity contribution in [2.75, 3.05) is 13.2 Å². The first-order valence-electron chi connectivity index (χ1n) is 28.0. The first-order chi connectivity index (χ1) is 34.0. The summed E-state index contributed by atoms with van der Waals surface area (Å²) in [7, 11) is 0. The van der Waals surface area contributed by atoms with Crippen molar-refractivity contribution in [3.63, 3.8) is 0 Å². The van der Waals surface area contributed by atoms with Crippen molar-refractivity contribution in [1.29, 1.82) is 0 Å². The van der Waals surface area contributed by atoms with Crippen LogP contribution in [0.1, 0.15) is 239 Å². The van der Waals surface area contributed by atoms with Crippen LogP contribution in [0.15, 0.2) is 122 Å². The predicted molar refractivity (Wildman–Crippen MR) is 297 cm³/mol. The van der Waals surface area contributed by atoms with Gasteiger partial charge >= 0.3 is 17.9 Å². The van der Waals surface area contributed by atoms with Crippen molar-refractivity contribution in [3.05, 3.63) is 122 Å². The van der Waals surface area contributed by atoms with Gasteiger partial charge in [-0.15, -0.1) is 0 Å². The molecular formula is C63H102O6. The topological polar surface area (TPSA) is 78.9 Å². The van der Waals surface area contributed by atoms with E-state index in [0.29, 0.717) is 19.3 Å². The molecule has 0 spiro atoms. The van der Waals surface area contributed by atoms with Gasteiger partial charge in [0.1, 0.15) is 13.2 Å². The zero-order valence-corrected chi connectivity index (χ0v) is 44.5. The van der Waals surface area contributed by atoms with Gasteiger partial charge in [-0.1, -0.05) is 232 Å². The van der Waals surface area contributed by atoms with E-state index in [9.17, 15) is 14.4 Å². The van der Waals surface area contributed by atoms with Crippen LogP contribution < -0.4 is 0 Å². The summed E-state index contributed by atoms with van der Waals surface area (Å²) >= 11 is 0. The molecule has 69 heavy (non-hydrogen) atoms. The number of allylic oxidation sites excluding steroid dienone is 20. The molecule has 0 radical (unpaired) electrons. The lowest BCUT2D eigenvalue weighted by molar-refractivity contribution is -0.167. The van der Waals surface area contributed by atoms with Gasteiger partial charge in [0.15, 0.2) is 6.10 Å². The molecule has 0 bridgehead atoms. The highest BCUT2D eigenvalue weighted by molar-refractivity contribution is 5.71. The van der Waals surface area contributed by atoms with E-state index in [1.165, 1.54) is 51.4 Å². The molecule has 0 aromatic rings. The number of ether oxygens (including phenoxy) is 3. The fourth-order valence-corrected chi connectivity index (χ4v) is 7.24. The Kier molecular flexibility index (Phi) is 53.0. The maximum Gasteiger partial charge on any atom is 0.306 e. The summed E-state index contributed by atoms with van der Waals surface area (Å²) in [6.07, 6.45) is 77.9. The van der Waals surface area contributed by atoms with Crippen molar-refractivity contribution in [1.82, 2.24) is 0 Å². The molecule has 0 saturated heterocycles. The molecule has 0 aliphatic carbocycles. The van der Waals surface area contributed by atoms with Crippen LogP contribution in [0.4, 0.5) is 0 Å². The van der Waals surface area contributed by atoms with Crippen LogP contribution in [0.5, 0.6) is 0 Å². The maximum atomic E-state index is 12.7. The van der Waals surface area contributed by atoms with Crippen LogP contribution in [0.2, 0.25) is 0 Å². The monoisotopic (exact) mass is 955 g/mol. The summed E-state index contributed by atoms with van der Waals surface area (Å²) in [5, 5.41) is 0. The first-order valence-corrected chi connectivity index (χ1v) is 28.0. The highest BCUT2D eigenvalue weighted by Gasteiger charge is 2.19. The molecule has 0 heterocycles. The van der Waals surface area contributed by atoms with Crippen LogP contribution in [-0.2, 0) is 28.6 Å². The van der Waals surface area contributed by atoms with Gasteiger partial charge in [-0.05, 0) is 109 Å². The summed E-state index contributed by atoms with van der Waals surface area (Å²) in [6, 6.07) is 0. The van der Waals surface area contributed by atoms with Gasteiger partial charge in [-0.25, -0.2) is 0 Å². The van der Waals surface area contributed by atoms with Gasteiger partial charge in [0.25, 0.3) is 0 Å². The molecule has 0 N–H and O–H groups in total. The third-order valence-corrected chi connectivity index (χ3v) is 11.5. The van der Waals surface area contributed by atoms with E-state index in [4.69, 9.17) is 14.2 Å². The van der Waals surface area contributed by atoms with Crippen LogP contribution in [-0.4, -0.2) is 37.2 Å². The van der Waals surface area contributed by atoms with Gasteiger partial charge in [0, 0.05) is 19.3 Å². The Labute approximate surface area is 424 Å². The average Bonchev–Trinajstić information content (AvgIpc) is 3.35. The molecule has 0 aliphatic rings. The molecule has 6 nitrogen and oxygen atoms in total. The fraction of sp³-hybridized carbons (Fsp3) is 0.635. The average molecular weight is 956 g/mol. The predicted octanol–water partition coefficient (Wildman–Crippen LogP) is 18.9. The van der Waals surface area contributed by atoms with Crippen molar-refractivity contribution in [3.8, 4) is 0 Å². The van der Waals surface area contributed by atoms with Gasteiger partial charge in [-0.2, -0.15) is 0 Å². The minimum Gasteiger partial charge on any atom is -0.462 e. The largest absolute Gasteiger partial charge is 0.462 e. The molecule has 390 valence electrons. The van der Waals surface area contributed by atoms with E-state index in [-0.39, 0.29) is 31.1 Å². The Balaban J connectivity index is 4.17. The van der Waals surface area contributed by atoms with E-state index in [1.807, 2.05) is 0 Å². The molecule has 0 amide bonds. The molecule has 6 heteroatoms. The number of unbranched alkanes of at least 4 members (excludes halogenated alkanes) is 18. The fourth-order valence-electron chi connectivity index (χ4n) is 7.24. The van der Waals surface area contributed by atoms with E-state index in [2.05, 4.69) is 142 Å². The van der Waals surface area contributed by atoms with Crippen molar-refractivity contribution < 1.29 is 28.6 Å². The third kappa shape index (κ3) is 54.6. The summed E-state index contributed by atoms with van der Waals surface area (Å²) in [5.41, 5.74) is 0. The lowest BCUT2D eigenvalue weighted by atomic mass is 10.1. The lowest BCUT2D eigenvalue weighted by Gasteiger charge is -2.18. The van der Waals surface area contributed by atoms with Crippen molar-refractivity contribution in [2.45, 2.75) is 245 Å². The third-order valence-electron chi connectivity index (χ3n) is 11.5. The molecule has 0 rings (SSSR count). The van der Waals surface area contributed by atoms with Crippen LogP contribution in [0.25, 0.3) is 0 Å². The van der Waals surface area contributed by atoms with E-state index < -0.39 is 6.10 Å². The zero-order valence-electron chi connectivity index (χ0n) is 44.5. The Morgan fingerprint density at radius 2 is 0.580 bits per heavy atom. The molecule has 1 atom stereocenters. The second-order valence-corrected chi connectivity index (χ2v) is 18.1. The minimum absolute atomic E-state index is 0.0906. The smallest absolute Gasteiger partial charge is 0.306 e. The SMILES string of the molecule is CC/C=C\C/C=C\C/C=C\C/C=C\C/C=C\C/C=C\C/C=C\C/C=C\CCCCCCCCC(=O)OCC(COC(=O)CCCCCCCC)OC(=O)CCCCCCC/C=C\C/C=C\CCCC. The Morgan fingerprint density at radius 3 is 0.928 bits per heavy atom. The second kappa shape index (κ2) is 56.4. The van der Waals surface area contributed by atoms with Crippen LogP contribution in [0.3, 0.4) is 0 Å². The molecule has 0 aromatic heterocycles. The molecule has 0 fully saturated rings. The Morgan fingerprint density at radius 1 is 0.304 bits per heavy atom. The van der Waals surface area contributed by atoms with Crippen LogP contribution in [0, 0.1) is 0 Å². The quantitative estimate of drug-likeness (QED) is 0.0262. The first kappa shape index (κ1) is 64.8. The Hall–Kier alpha value is -4.19. The van der Waals surface area contributed by atoms with E-state index in [1.54, 1.807) is 0 Å². The van der Waals surface area contributed by atoms with Gasteiger partial charge in [-0.3, -0.25) is 14.4 Å². The van der Waals surface area contributed by atoms with E-state index in [0.717, 1.165) is 148 Å². The molecule has 0 aliphatic heterocycles. The zero-order chi connectivity index (χ0) is 50.0. The number of carbonyl (C=O) groups excluding carboxylic acids is 3. The molecule has 1 unspecified atom stereocenters. The lowest BCUT2D eigenvalue weighted by Crippen LogP contribution is -2.30. The molecule has 0 aromatic carbocycles. The summed E-state index contributed by atoms with van der Waals surface area (Å²) in [4.78, 5) is 37.8. The Bertz CT molecular complexity index is 1470. The van der Waals surface area contributed by atoms with Crippen LogP contribution >= 0.6 is 0 Å². The van der Waals surface area contributed by atoms with Gasteiger partial charge in [0.05, 0.1) is 0 Å². The van der Waals surface area contributed by atoms with Gasteiger partial charge in [0.2, 0.25) is 0 Å². The summed E-state index contributed by atoms with van der Waals surface area (Å²) < 4.78 is 16.7. The van der Waals surface area contributed by atoms with Gasteiger partial charge < -0.3 is 14.2 Å². The standard InChI is InChI=1S/C63H102O6/c1-4-7-10-13-16-18-20-22-24-25-26-27-28-29-30-31-32-33-34-35-36-37-38-39-40-42-43-45-47-50-53-56-62(65)68-59-60(58-67-61(64)55-52-49-15-12-9-6-3)69-63(66)57-54-51-48-46-44-41-23-21-19-17-14-11-8-5-2/h7,10,14,16-18,21-24,26-27,29-30,32-33,35-36,38-39,60H,4-6,8-9,11-13,15,19-20,25,28,31,34,37,40-59H2,1-3H3/b10-7-,17-14-,18-16-,23-21-,24-22-,27-26-,30-29-,33-32-,36-35-,39-38-. The second-order valence-electron chi connectivity index (χ2n) is 18.1. The summed E-state index contributed by atoms with van der Waals surface area (Å²) in [5.74, 6) is -0.935. The van der Waals surface area contributed by atoms with Crippen molar-refractivity contribution >= 4 is 17.9 Å². The number of rotatable bonds is 49. The molecular weight excluding hydrogens is 853 g/mol. The highest BCUT2D eigenvalue weighted by atomic mass is 16.6. The molecule has 0 saturated carbocycles. The van der Waals surface area contributed by atoms with E-state index >= 15 is 0 Å². The number of esters is 3. The number of hydrogen-bond donors (Lipinski definition) is 0.